The van der Waals surface area contributed by atoms with E-state index < -0.39 is 12.1 Å². The molecule has 1 aliphatic heterocycles. The number of β-amino-alcohol motifs (C(OH)–C–C–N with tert-alkyl or cyclic N) is 1. The molecule has 2 N–H and O–H groups in total. The number of carboxylic acids is 1. The van der Waals surface area contributed by atoms with Gasteiger partial charge in [0, 0.05) is 31.2 Å². The van der Waals surface area contributed by atoms with Gasteiger partial charge in [-0.25, -0.2) is 0 Å². The largest absolute Gasteiger partial charge is 0.480 e. The van der Waals surface area contributed by atoms with Crippen LogP contribution < -0.4 is 0 Å². The van der Waals surface area contributed by atoms with Gasteiger partial charge in [-0.1, -0.05) is 0 Å². The molecule has 1 amide bonds. The van der Waals surface area contributed by atoms with Gasteiger partial charge in [0.05, 0.1) is 19.2 Å². The topological polar surface area (TPSA) is 84.3 Å². The molecule has 0 unspecified atom stereocenters. The highest BCUT2D eigenvalue weighted by molar-refractivity contribution is 5.79. The summed E-state index contributed by atoms with van der Waals surface area (Å²) in [7, 11) is 1.71. The summed E-state index contributed by atoms with van der Waals surface area (Å²) in [5, 5.41) is 19.1. The van der Waals surface area contributed by atoms with Gasteiger partial charge < -0.3 is 15.1 Å². The number of likely N-dealkylation sites (N-methyl/N-ethyl adjacent to an activating group) is 1. The lowest BCUT2D eigenvalue weighted by molar-refractivity contribution is -0.139. The van der Waals surface area contributed by atoms with Crippen molar-refractivity contribution in [1.82, 2.24) is 14.7 Å². The summed E-state index contributed by atoms with van der Waals surface area (Å²) in [6, 6.07) is 0.498. The first-order valence-electron chi connectivity index (χ1n) is 9.00. The van der Waals surface area contributed by atoms with E-state index in [-0.39, 0.29) is 18.5 Å². The maximum absolute atomic E-state index is 12.8. The van der Waals surface area contributed by atoms with Gasteiger partial charge in [0.2, 0.25) is 5.91 Å². The molecule has 0 radical (unpaired) electrons. The molecule has 136 valence electrons. The van der Waals surface area contributed by atoms with Crippen LogP contribution in [0.4, 0.5) is 0 Å². The Hall–Kier alpha value is -1.18. The van der Waals surface area contributed by atoms with Crippen LogP contribution in [0.5, 0.6) is 0 Å². The first kappa shape index (κ1) is 17.6. The lowest BCUT2D eigenvalue weighted by Gasteiger charge is -2.31. The van der Waals surface area contributed by atoms with Crippen molar-refractivity contribution in [3.8, 4) is 0 Å². The molecule has 1 heterocycles. The van der Waals surface area contributed by atoms with E-state index in [1.807, 2.05) is 4.90 Å². The molecule has 2 saturated carbocycles. The van der Waals surface area contributed by atoms with Crippen LogP contribution >= 0.6 is 0 Å². The number of amides is 1. The minimum Gasteiger partial charge on any atom is -0.480 e. The molecule has 2 aliphatic carbocycles. The van der Waals surface area contributed by atoms with Crippen LogP contribution in [0.3, 0.4) is 0 Å². The van der Waals surface area contributed by atoms with Crippen molar-refractivity contribution in [2.45, 2.75) is 56.8 Å². The Labute approximate surface area is 143 Å². The van der Waals surface area contributed by atoms with Crippen LogP contribution in [-0.4, -0.2) is 94.2 Å². The highest BCUT2D eigenvalue weighted by Crippen LogP contribution is 2.39. The molecule has 3 rings (SSSR count). The number of carbonyl (C=O) groups is 2. The van der Waals surface area contributed by atoms with Gasteiger partial charge in [0.15, 0.2) is 0 Å². The Kier molecular flexibility index (Phi) is 5.13. The molecular formula is C17H29N3O4. The number of rotatable bonds is 8. The molecule has 3 atom stereocenters. The maximum atomic E-state index is 12.8. The van der Waals surface area contributed by atoms with Crippen molar-refractivity contribution < 1.29 is 19.8 Å². The third-order valence-corrected chi connectivity index (χ3v) is 5.62. The van der Waals surface area contributed by atoms with E-state index in [2.05, 4.69) is 11.8 Å². The van der Waals surface area contributed by atoms with Crippen LogP contribution in [0.2, 0.25) is 0 Å². The van der Waals surface area contributed by atoms with Crippen molar-refractivity contribution in [3.63, 3.8) is 0 Å². The van der Waals surface area contributed by atoms with Crippen LogP contribution in [0.15, 0.2) is 0 Å². The number of carboxylic acid groups (broad SMARTS) is 1. The zero-order valence-corrected chi connectivity index (χ0v) is 14.6. The monoisotopic (exact) mass is 339 g/mol. The normalized spacial score (nSPS) is 29.0. The van der Waals surface area contributed by atoms with Crippen LogP contribution in [0.25, 0.3) is 0 Å². The van der Waals surface area contributed by atoms with Crippen molar-refractivity contribution in [1.29, 1.82) is 0 Å². The Morgan fingerprint density at radius 3 is 2.42 bits per heavy atom. The van der Waals surface area contributed by atoms with E-state index in [0.29, 0.717) is 37.6 Å². The third-order valence-electron chi connectivity index (χ3n) is 5.62. The van der Waals surface area contributed by atoms with Crippen molar-refractivity contribution in [2.24, 2.45) is 5.92 Å². The predicted molar refractivity (Wildman–Crippen MR) is 88.6 cm³/mol. The average Bonchev–Trinajstić information content (AvgIpc) is 3.37. The quantitative estimate of drug-likeness (QED) is 0.639. The zero-order chi connectivity index (χ0) is 17.4. The second-order valence-corrected chi connectivity index (χ2v) is 7.75. The van der Waals surface area contributed by atoms with Crippen LogP contribution in [-0.2, 0) is 9.59 Å². The fourth-order valence-electron chi connectivity index (χ4n) is 3.93. The molecule has 7 nitrogen and oxygen atoms in total. The Bertz CT molecular complexity index is 492. The fourth-order valence-corrected chi connectivity index (χ4v) is 3.93. The van der Waals surface area contributed by atoms with E-state index >= 15 is 0 Å². The van der Waals surface area contributed by atoms with Gasteiger partial charge in [-0.05, 0) is 45.6 Å². The van der Waals surface area contributed by atoms with Gasteiger partial charge in [0.25, 0.3) is 0 Å². The molecule has 3 fully saturated rings. The van der Waals surface area contributed by atoms with Gasteiger partial charge in [-0.2, -0.15) is 0 Å². The van der Waals surface area contributed by atoms with Gasteiger partial charge in [-0.3, -0.25) is 19.4 Å². The molecular weight excluding hydrogens is 310 g/mol. The molecule has 0 aromatic rings. The first-order chi connectivity index (χ1) is 11.4. The Morgan fingerprint density at radius 2 is 1.88 bits per heavy atom. The van der Waals surface area contributed by atoms with E-state index in [4.69, 9.17) is 5.11 Å². The molecule has 1 saturated heterocycles. The lowest BCUT2D eigenvalue weighted by atomic mass is 10.1. The SMILES string of the molecule is C[C@@H](C1CC1)N(C(=O)CN1C[C@@H](O)[C@@H](N(C)CC(=O)O)C1)C1CC1. The third kappa shape index (κ3) is 4.07. The summed E-state index contributed by atoms with van der Waals surface area (Å²) in [6.45, 7) is 3.35. The van der Waals surface area contributed by atoms with E-state index in [0.717, 1.165) is 12.8 Å². The maximum Gasteiger partial charge on any atom is 0.317 e. The lowest BCUT2D eigenvalue weighted by Crippen LogP contribution is -2.47. The van der Waals surface area contributed by atoms with Gasteiger partial charge in [0.1, 0.15) is 0 Å². The smallest absolute Gasteiger partial charge is 0.317 e. The standard InChI is InChI=1S/C17H29N3O4/c1-11(12-3-4-12)20(13-5-6-13)16(22)9-19-7-14(15(21)8-19)18(2)10-17(23)24/h11-15,21H,3-10H2,1-2H3,(H,23,24)/t11-,14-,15+/m0/s1. The van der Waals surface area contributed by atoms with E-state index in [9.17, 15) is 14.7 Å². The molecule has 3 aliphatic rings. The Balaban J connectivity index is 1.55. The summed E-state index contributed by atoms with van der Waals surface area (Å²) in [6.07, 6.45) is 4.05. The summed E-state index contributed by atoms with van der Waals surface area (Å²) < 4.78 is 0. The van der Waals surface area contributed by atoms with E-state index in [1.54, 1.807) is 11.9 Å². The fraction of sp³-hybridized carbons (Fsp3) is 0.882. The summed E-state index contributed by atoms with van der Waals surface area (Å²) in [4.78, 5) is 29.4. The number of hydrogen-bond acceptors (Lipinski definition) is 5. The van der Waals surface area contributed by atoms with Crippen molar-refractivity contribution in [2.75, 3.05) is 33.2 Å². The minimum atomic E-state index is -0.905. The molecule has 0 aromatic heterocycles. The van der Waals surface area contributed by atoms with Gasteiger partial charge in [-0.15, -0.1) is 0 Å². The second-order valence-electron chi connectivity index (χ2n) is 7.75. The first-order valence-corrected chi connectivity index (χ1v) is 9.00. The molecule has 7 heteroatoms. The number of carbonyl (C=O) groups excluding carboxylic acids is 1. The zero-order valence-electron chi connectivity index (χ0n) is 14.6. The van der Waals surface area contributed by atoms with Crippen molar-refractivity contribution >= 4 is 11.9 Å². The minimum absolute atomic E-state index is 0.101. The number of nitrogens with zero attached hydrogens (tertiary/aromatic N) is 3. The highest BCUT2D eigenvalue weighted by atomic mass is 16.4. The number of aliphatic hydroxyl groups excluding tert-OH is 1. The summed E-state index contributed by atoms with van der Waals surface area (Å²) in [5.41, 5.74) is 0. The predicted octanol–water partition coefficient (Wildman–Crippen LogP) is -0.163. The molecule has 0 spiro atoms. The number of likely N-dealkylation sites (tertiary alicyclic amines) is 1. The van der Waals surface area contributed by atoms with Gasteiger partial charge >= 0.3 is 5.97 Å². The average molecular weight is 339 g/mol. The molecule has 0 bridgehead atoms. The highest BCUT2D eigenvalue weighted by Gasteiger charge is 2.43. The number of aliphatic carboxylic acids is 1. The van der Waals surface area contributed by atoms with Crippen LogP contribution in [0.1, 0.15) is 32.6 Å². The second kappa shape index (κ2) is 6.98. The summed E-state index contributed by atoms with van der Waals surface area (Å²) in [5.74, 6) is -0.0869. The molecule has 24 heavy (non-hydrogen) atoms. The number of hydrogen-bond donors (Lipinski definition) is 2. The summed E-state index contributed by atoms with van der Waals surface area (Å²) >= 11 is 0. The van der Waals surface area contributed by atoms with E-state index in [1.165, 1.54) is 12.8 Å². The number of aliphatic hydroxyl groups is 1. The molecule has 0 aromatic carbocycles. The van der Waals surface area contributed by atoms with Crippen molar-refractivity contribution in [3.05, 3.63) is 0 Å². The Morgan fingerprint density at radius 1 is 1.21 bits per heavy atom. The van der Waals surface area contributed by atoms with Crippen LogP contribution in [0, 0.1) is 5.92 Å².